The van der Waals surface area contributed by atoms with Gasteiger partial charge in [-0.3, -0.25) is 9.59 Å². The Hall–Kier alpha value is -3.60. The van der Waals surface area contributed by atoms with E-state index >= 15 is 0 Å². The molecule has 1 atom stereocenters. The maximum absolute atomic E-state index is 13.8. The summed E-state index contributed by atoms with van der Waals surface area (Å²) in [5.41, 5.74) is 5.42. The molecule has 5 nitrogen and oxygen atoms in total. The maximum Gasteiger partial charge on any atom is 0.261 e. The minimum atomic E-state index is -0.644. The summed E-state index contributed by atoms with van der Waals surface area (Å²) in [5.74, 6) is 0.364. The average molecular weight is 513 g/mol. The van der Waals surface area contributed by atoms with Gasteiger partial charge in [0.2, 0.25) is 5.91 Å². The second-order valence-electron chi connectivity index (χ2n) is 10.5. The Morgan fingerprint density at radius 3 is 2.29 bits per heavy atom. The van der Waals surface area contributed by atoms with Gasteiger partial charge in [0, 0.05) is 19.0 Å². The Kier molecular flexibility index (Phi) is 9.58. The van der Waals surface area contributed by atoms with Crippen molar-refractivity contribution >= 4 is 11.8 Å². The van der Waals surface area contributed by atoms with Gasteiger partial charge in [-0.1, -0.05) is 79.9 Å². The van der Waals surface area contributed by atoms with Crippen LogP contribution in [0.1, 0.15) is 59.9 Å². The highest BCUT2D eigenvalue weighted by molar-refractivity contribution is 5.88. The van der Waals surface area contributed by atoms with Crippen LogP contribution in [0.15, 0.2) is 72.8 Å². The van der Waals surface area contributed by atoms with Gasteiger partial charge in [0.1, 0.15) is 11.8 Å². The van der Waals surface area contributed by atoms with Crippen LogP contribution >= 0.6 is 0 Å². The van der Waals surface area contributed by atoms with Crippen LogP contribution in [0, 0.1) is 20.8 Å². The molecule has 0 aromatic heterocycles. The van der Waals surface area contributed by atoms with Gasteiger partial charge in [0.15, 0.2) is 6.61 Å². The number of carbonyl (C=O) groups excluding carboxylic acids is 2. The minimum Gasteiger partial charge on any atom is -0.484 e. The Bertz CT molecular complexity index is 1220. The number of aryl methyl sites for hydroxylation is 3. The van der Waals surface area contributed by atoms with E-state index in [1.165, 1.54) is 12.0 Å². The zero-order valence-corrected chi connectivity index (χ0v) is 22.9. The summed E-state index contributed by atoms with van der Waals surface area (Å²) in [7, 11) is 0. The number of ether oxygens (including phenoxy) is 1. The van der Waals surface area contributed by atoms with Gasteiger partial charge in [-0.25, -0.2) is 0 Å². The molecule has 3 aromatic rings. The van der Waals surface area contributed by atoms with E-state index in [0.717, 1.165) is 47.9 Å². The highest BCUT2D eigenvalue weighted by Crippen LogP contribution is 2.21. The normalized spacial score (nSPS) is 14.5. The first-order valence-electron chi connectivity index (χ1n) is 13.8. The number of hydrogen-bond acceptors (Lipinski definition) is 3. The van der Waals surface area contributed by atoms with Gasteiger partial charge >= 0.3 is 0 Å². The van der Waals surface area contributed by atoms with E-state index in [1.807, 2.05) is 93.6 Å². The van der Waals surface area contributed by atoms with Gasteiger partial charge in [0.25, 0.3) is 5.91 Å². The Balaban J connectivity index is 1.62. The van der Waals surface area contributed by atoms with Gasteiger partial charge < -0.3 is 15.0 Å². The van der Waals surface area contributed by atoms with Crippen LogP contribution in [0.3, 0.4) is 0 Å². The number of nitrogens with one attached hydrogen (secondary N) is 1. The Morgan fingerprint density at radius 2 is 1.58 bits per heavy atom. The van der Waals surface area contributed by atoms with Crippen molar-refractivity contribution < 1.29 is 14.3 Å². The molecule has 200 valence electrons. The molecule has 0 bridgehead atoms. The Morgan fingerprint density at radius 1 is 0.868 bits per heavy atom. The van der Waals surface area contributed by atoms with Crippen molar-refractivity contribution in [1.82, 2.24) is 10.2 Å². The zero-order valence-electron chi connectivity index (χ0n) is 22.9. The van der Waals surface area contributed by atoms with E-state index in [1.54, 1.807) is 4.90 Å². The summed E-state index contributed by atoms with van der Waals surface area (Å²) in [4.78, 5) is 29.4. The third-order valence-electron chi connectivity index (χ3n) is 7.67. The third-order valence-corrected chi connectivity index (χ3v) is 7.67. The molecule has 0 aliphatic heterocycles. The summed E-state index contributed by atoms with van der Waals surface area (Å²) in [6.45, 7) is 6.33. The highest BCUT2D eigenvalue weighted by atomic mass is 16.5. The summed E-state index contributed by atoms with van der Waals surface area (Å²) in [5, 5.41) is 3.29. The van der Waals surface area contributed by atoms with Crippen LogP contribution in [0.5, 0.6) is 5.75 Å². The van der Waals surface area contributed by atoms with Gasteiger partial charge in [0.05, 0.1) is 0 Å². The Labute approximate surface area is 227 Å². The predicted octanol–water partition coefficient (Wildman–Crippen LogP) is 6.08. The third kappa shape index (κ3) is 7.47. The topological polar surface area (TPSA) is 58.6 Å². The largest absolute Gasteiger partial charge is 0.484 e. The van der Waals surface area contributed by atoms with Crippen molar-refractivity contribution in [2.45, 2.75) is 77.9 Å². The first-order chi connectivity index (χ1) is 18.4. The molecule has 1 saturated carbocycles. The molecule has 0 saturated heterocycles. The van der Waals surface area contributed by atoms with Crippen molar-refractivity contribution in [3.05, 3.63) is 101 Å². The molecule has 1 aliphatic carbocycles. The quantitative estimate of drug-likeness (QED) is 0.358. The fourth-order valence-corrected chi connectivity index (χ4v) is 5.10. The van der Waals surface area contributed by atoms with Crippen LogP contribution < -0.4 is 10.1 Å². The first-order valence-corrected chi connectivity index (χ1v) is 13.8. The van der Waals surface area contributed by atoms with Crippen molar-refractivity contribution in [2.75, 3.05) is 6.61 Å². The molecule has 38 heavy (non-hydrogen) atoms. The van der Waals surface area contributed by atoms with Crippen molar-refractivity contribution in [3.63, 3.8) is 0 Å². The van der Waals surface area contributed by atoms with Crippen LogP contribution in [0.4, 0.5) is 0 Å². The molecule has 1 aliphatic rings. The second-order valence-corrected chi connectivity index (χ2v) is 10.5. The van der Waals surface area contributed by atoms with Crippen LogP contribution in [-0.4, -0.2) is 35.4 Å². The first kappa shape index (κ1) is 27.4. The lowest BCUT2D eigenvalue weighted by Crippen LogP contribution is -2.53. The molecule has 2 amide bonds. The molecule has 0 spiro atoms. The molecule has 3 aromatic carbocycles. The lowest BCUT2D eigenvalue weighted by Gasteiger charge is -2.33. The highest BCUT2D eigenvalue weighted by Gasteiger charge is 2.32. The molecule has 4 rings (SSSR count). The van der Waals surface area contributed by atoms with Crippen LogP contribution in [0.25, 0.3) is 0 Å². The summed E-state index contributed by atoms with van der Waals surface area (Å²) >= 11 is 0. The van der Waals surface area contributed by atoms with E-state index in [0.29, 0.717) is 18.7 Å². The van der Waals surface area contributed by atoms with Gasteiger partial charge in [-0.05, 0) is 73.6 Å². The molecular weight excluding hydrogens is 472 g/mol. The SMILES string of the molecule is Cc1ccc(OCC(=O)N(Cc2ccccc2C)C(Cc2ccccc2)C(=O)NC2CCCCC2)cc1C. The van der Waals surface area contributed by atoms with E-state index in [2.05, 4.69) is 5.32 Å². The zero-order chi connectivity index (χ0) is 26.9. The van der Waals surface area contributed by atoms with Crippen molar-refractivity contribution in [3.8, 4) is 5.75 Å². The van der Waals surface area contributed by atoms with E-state index < -0.39 is 6.04 Å². The fraction of sp³-hybridized carbons (Fsp3) is 0.394. The molecule has 0 radical (unpaired) electrons. The number of rotatable bonds is 10. The number of carbonyl (C=O) groups is 2. The van der Waals surface area contributed by atoms with Crippen LogP contribution in [0.2, 0.25) is 0 Å². The summed E-state index contributed by atoms with van der Waals surface area (Å²) in [6, 6.07) is 23.3. The fourth-order valence-electron chi connectivity index (χ4n) is 5.10. The molecule has 5 heteroatoms. The number of nitrogens with zero attached hydrogens (tertiary/aromatic N) is 1. The molecular formula is C33H40N2O3. The van der Waals surface area contributed by atoms with Gasteiger partial charge in [-0.15, -0.1) is 0 Å². The molecule has 0 heterocycles. The maximum atomic E-state index is 13.8. The smallest absolute Gasteiger partial charge is 0.261 e. The van der Waals surface area contributed by atoms with E-state index in [-0.39, 0.29) is 24.5 Å². The average Bonchev–Trinajstić information content (AvgIpc) is 2.93. The van der Waals surface area contributed by atoms with Gasteiger partial charge in [-0.2, -0.15) is 0 Å². The van der Waals surface area contributed by atoms with E-state index in [4.69, 9.17) is 4.74 Å². The number of hydrogen-bond donors (Lipinski definition) is 1. The lowest BCUT2D eigenvalue weighted by molar-refractivity contribution is -0.143. The predicted molar refractivity (Wildman–Crippen MR) is 152 cm³/mol. The lowest BCUT2D eigenvalue weighted by atomic mass is 9.94. The second kappa shape index (κ2) is 13.3. The van der Waals surface area contributed by atoms with Crippen LogP contribution in [-0.2, 0) is 22.6 Å². The van der Waals surface area contributed by atoms with Crippen molar-refractivity contribution in [2.24, 2.45) is 0 Å². The molecule has 1 unspecified atom stereocenters. The monoisotopic (exact) mass is 512 g/mol. The number of amides is 2. The standard InChI is InChI=1S/C33H40N2O3/c1-24-18-19-30(20-26(24)3)38-23-32(36)35(22-28-15-11-10-12-25(28)2)31(21-27-13-6-4-7-14-27)33(37)34-29-16-8-5-9-17-29/h4,6-7,10-15,18-20,29,31H,5,8-9,16-17,21-23H2,1-3H3,(H,34,37). The van der Waals surface area contributed by atoms with E-state index in [9.17, 15) is 9.59 Å². The minimum absolute atomic E-state index is 0.0890. The number of benzene rings is 3. The molecule has 1 N–H and O–H groups in total. The van der Waals surface area contributed by atoms with Crippen molar-refractivity contribution in [1.29, 1.82) is 0 Å². The summed E-state index contributed by atoms with van der Waals surface area (Å²) < 4.78 is 5.96. The summed E-state index contributed by atoms with van der Waals surface area (Å²) in [6.07, 6.45) is 5.90. The molecule has 1 fully saturated rings.